The largest absolute Gasteiger partial charge is 0.308 e. The van der Waals surface area contributed by atoms with Gasteiger partial charge >= 0.3 is 0 Å². The number of aromatic nitrogens is 1. The fraction of sp³-hybridized carbons (Fsp3) is 0.412. The second-order valence-electron chi connectivity index (χ2n) is 5.95. The molecule has 0 spiro atoms. The number of hydrogen-bond donors (Lipinski definition) is 0. The van der Waals surface area contributed by atoms with E-state index in [1.54, 1.807) is 20.2 Å². The Morgan fingerprint density at radius 2 is 2.19 bits per heavy atom. The fourth-order valence-corrected chi connectivity index (χ4v) is 4.86. The normalized spacial score (nSPS) is 17.4. The van der Waals surface area contributed by atoms with Crippen LogP contribution in [0.25, 0.3) is 4.91 Å². The topological polar surface area (TPSA) is 50.3 Å². The summed E-state index contributed by atoms with van der Waals surface area (Å²) in [7, 11) is 0.576. The summed E-state index contributed by atoms with van der Waals surface area (Å²) in [5, 5.41) is 0.962. The highest BCUT2D eigenvalue weighted by atomic mass is 35.5. The summed E-state index contributed by atoms with van der Waals surface area (Å²) in [5.74, 6) is -0.875. The van der Waals surface area contributed by atoms with Crippen molar-refractivity contribution >= 4 is 56.6 Å². The molecule has 0 bridgehead atoms. The number of thioether (sulfide) groups is 1. The first kappa shape index (κ1) is 21.4. The van der Waals surface area contributed by atoms with Gasteiger partial charge in [0.05, 0.1) is 5.03 Å². The Hall–Kier alpha value is -0.890. The highest BCUT2D eigenvalue weighted by molar-refractivity contribution is 8.11. The first-order valence-electron chi connectivity index (χ1n) is 7.86. The Morgan fingerprint density at radius 3 is 2.81 bits per heavy atom. The second kappa shape index (κ2) is 9.35. The van der Waals surface area contributed by atoms with E-state index in [1.807, 2.05) is 6.08 Å². The molecule has 2 unspecified atom stereocenters. The van der Waals surface area contributed by atoms with E-state index in [-0.39, 0.29) is 16.8 Å². The van der Waals surface area contributed by atoms with Crippen LogP contribution >= 0.6 is 35.0 Å². The molecule has 142 valence electrons. The number of nitrogens with zero attached hydrogens (tertiary/aromatic N) is 2. The summed E-state index contributed by atoms with van der Waals surface area (Å²) in [6, 6.07) is 1.32. The number of allylic oxidation sites excluding steroid dienone is 2. The van der Waals surface area contributed by atoms with Crippen molar-refractivity contribution in [3.05, 3.63) is 44.9 Å². The highest BCUT2D eigenvalue weighted by Crippen LogP contribution is 2.42. The smallest absolute Gasteiger partial charge is 0.230 e. The Kier molecular flexibility index (Phi) is 7.70. The van der Waals surface area contributed by atoms with Gasteiger partial charge in [0.15, 0.2) is 11.0 Å². The summed E-state index contributed by atoms with van der Waals surface area (Å²) in [4.78, 5) is 18.7. The lowest BCUT2D eigenvalue weighted by atomic mass is 10.2. The molecule has 1 amide bonds. The zero-order valence-electron chi connectivity index (χ0n) is 14.6. The first-order chi connectivity index (χ1) is 12.2. The van der Waals surface area contributed by atoms with Gasteiger partial charge < -0.3 is 4.90 Å². The van der Waals surface area contributed by atoms with Crippen LogP contribution in [0.3, 0.4) is 0 Å². The van der Waals surface area contributed by atoms with Crippen molar-refractivity contribution in [2.75, 3.05) is 19.1 Å². The van der Waals surface area contributed by atoms with Crippen LogP contribution in [0.1, 0.15) is 25.3 Å². The van der Waals surface area contributed by atoms with Crippen molar-refractivity contribution in [2.24, 2.45) is 5.92 Å². The first-order valence-corrected chi connectivity index (χ1v) is 11.2. The van der Waals surface area contributed by atoms with Crippen LogP contribution in [0.2, 0.25) is 5.15 Å². The van der Waals surface area contributed by atoms with Gasteiger partial charge in [0.2, 0.25) is 5.91 Å². The van der Waals surface area contributed by atoms with Crippen molar-refractivity contribution in [1.82, 2.24) is 9.88 Å². The van der Waals surface area contributed by atoms with Gasteiger partial charge in [-0.05, 0) is 18.9 Å². The van der Waals surface area contributed by atoms with E-state index in [4.69, 9.17) is 23.2 Å². The number of hydrogen-bond acceptors (Lipinski definition) is 4. The third-order valence-electron chi connectivity index (χ3n) is 3.75. The van der Waals surface area contributed by atoms with Gasteiger partial charge in [0, 0.05) is 57.5 Å². The summed E-state index contributed by atoms with van der Waals surface area (Å²) in [5.41, 5.74) is 0.573. The predicted octanol–water partition coefficient (Wildman–Crippen LogP) is 4.62. The summed E-state index contributed by atoms with van der Waals surface area (Å²) < 4.78 is 25.2. The Balaban J connectivity index is 2.27. The number of halogens is 3. The highest BCUT2D eigenvalue weighted by Gasteiger charge is 2.26. The molecule has 0 saturated heterocycles. The molecule has 0 radical (unpaired) electrons. The summed E-state index contributed by atoms with van der Waals surface area (Å²) >= 11 is 13.3. The van der Waals surface area contributed by atoms with Crippen LogP contribution < -0.4 is 0 Å². The van der Waals surface area contributed by atoms with Crippen molar-refractivity contribution in [1.29, 1.82) is 0 Å². The third kappa shape index (κ3) is 5.31. The number of carbonyl (C=O) groups excluding carboxylic acids is 1. The number of rotatable bonds is 5. The van der Waals surface area contributed by atoms with E-state index in [1.165, 1.54) is 28.9 Å². The molecule has 0 saturated carbocycles. The van der Waals surface area contributed by atoms with Gasteiger partial charge in [-0.1, -0.05) is 48.0 Å². The van der Waals surface area contributed by atoms with Gasteiger partial charge in [-0.25, -0.2) is 9.37 Å². The van der Waals surface area contributed by atoms with E-state index in [0.717, 1.165) is 4.91 Å². The van der Waals surface area contributed by atoms with Crippen LogP contribution in [0.15, 0.2) is 28.4 Å². The number of amides is 1. The molecule has 1 aliphatic heterocycles. The molecule has 2 atom stereocenters. The lowest BCUT2D eigenvalue weighted by Crippen LogP contribution is -2.33. The third-order valence-corrected chi connectivity index (χ3v) is 6.82. The zero-order valence-corrected chi connectivity index (χ0v) is 17.7. The monoisotopic (exact) mass is 436 g/mol. The van der Waals surface area contributed by atoms with Gasteiger partial charge in [-0.15, -0.1) is 0 Å². The molecule has 1 aromatic rings. The lowest BCUT2D eigenvalue weighted by Gasteiger charge is -2.24. The van der Waals surface area contributed by atoms with E-state index in [0.29, 0.717) is 28.5 Å². The molecule has 4 nitrogen and oxygen atoms in total. The van der Waals surface area contributed by atoms with Gasteiger partial charge in [0.1, 0.15) is 0 Å². The average molecular weight is 437 g/mol. The van der Waals surface area contributed by atoms with Crippen molar-refractivity contribution in [3.8, 4) is 0 Å². The molecule has 26 heavy (non-hydrogen) atoms. The van der Waals surface area contributed by atoms with Crippen molar-refractivity contribution < 1.29 is 13.4 Å². The zero-order chi connectivity index (χ0) is 19.4. The van der Waals surface area contributed by atoms with E-state index >= 15 is 0 Å². The standard InChI is InChI=1S/C17H19Cl2FN2O2S2/c1-10(9-26(3)24)16(23)22(2)17-12(18)5-4-6-14(25-17)11-7-13(20)15(19)21-8-11/h6-8,10H,4-5,9H2,1-3H3. The SMILES string of the molecule is CC(CS(C)=O)C(=O)N(C)C1=C(Cl)CCC=C(c2cnc(Cl)c(F)c2)S1. The van der Waals surface area contributed by atoms with Crippen LogP contribution in [-0.4, -0.2) is 39.1 Å². The average Bonchev–Trinajstić information content (AvgIpc) is 2.77. The molecule has 0 aliphatic carbocycles. The Labute approximate surface area is 169 Å². The molecule has 0 aromatic carbocycles. The molecular formula is C17H19Cl2FN2O2S2. The van der Waals surface area contributed by atoms with Crippen molar-refractivity contribution in [2.45, 2.75) is 19.8 Å². The van der Waals surface area contributed by atoms with Crippen LogP contribution in [0, 0.1) is 11.7 Å². The number of pyridine rings is 1. The lowest BCUT2D eigenvalue weighted by molar-refractivity contribution is -0.130. The van der Waals surface area contributed by atoms with E-state index in [9.17, 15) is 13.4 Å². The summed E-state index contributed by atoms with van der Waals surface area (Å²) in [6.07, 6.45) is 6.23. The minimum Gasteiger partial charge on any atom is -0.308 e. The molecule has 9 heteroatoms. The van der Waals surface area contributed by atoms with Gasteiger partial charge in [0.25, 0.3) is 0 Å². The molecule has 0 fully saturated rings. The quantitative estimate of drug-likeness (QED) is 0.631. The molecule has 1 aromatic heterocycles. The maximum atomic E-state index is 13.8. The minimum atomic E-state index is -1.07. The minimum absolute atomic E-state index is 0.164. The molecular weight excluding hydrogens is 418 g/mol. The van der Waals surface area contributed by atoms with Crippen LogP contribution in [0.4, 0.5) is 4.39 Å². The molecule has 2 heterocycles. The van der Waals surface area contributed by atoms with Gasteiger partial charge in [-0.2, -0.15) is 0 Å². The van der Waals surface area contributed by atoms with Crippen LogP contribution in [0.5, 0.6) is 0 Å². The fourth-order valence-electron chi connectivity index (χ4n) is 2.48. The molecule has 0 N–H and O–H groups in total. The number of carbonyl (C=O) groups is 1. The Bertz CT molecular complexity index is 799. The maximum Gasteiger partial charge on any atom is 0.230 e. The molecule has 1 aliphatic rings. The summed E-state index contributed by atoms with van der Waals surface area (Å²) in [6.45, 7) is 1.74. The van der Waals surface area contributed by atoms with Gasteiger partial charge in [-0.3, -0.25) is 9.00 Å². The molecule has 2 rings (SSSR count). The maximum absolute atomic E-state index is 13.8. The van der Waals surface area contributed by atoms with E-state index in [2.05, 4.69) is 4.98 Å². The Morgan fingerprint density at radius 1 is 1.50 bits per heavy atom. The van der Waals surface area contributed by atoms with Crippen LogP contribution in [-0.2, 0) is 15.6 Å². The van der Waals surface area contributed by atoms with E-state index < -0.39 is 22.5 Å². The second-order valence-corrected chi connectivity index (χ2v) is 9.28. The predicted molar refractivity (Wildman–Crippen MR) is 108 cm³/mol. The van der Waals surface area contributed by atoms with Crippen molar-refractivity contribution in [3.63, 3.8) is 0 Å².